The number of benzene rings is 1. The number of Topliss-reactive ketones (excluding diaryl/α,β-unsaturated/α-hetero) is 2. The summed E-state index contributed by atoms with van der Waals surface area (Å²) in [5, 5.41) is 6.55. The van der Waals surface area contributed by atoms with Crippen LogP contribution >= 0.6 is 0 Å². The molecule has 0 saturated carbocycles. The summed E-state index contributed by atoms with van der Waals surface area (Å²) in [6.07, 6.45) is 2.14. The van der Waals surface area contributed by atoms with Crippen molar-refractivity contribution >= 4 is 23.3 Å². The molecule has 0 unspecified atom stereocenters. The molecule has 0 bridgehead atoms. The van der Waals surface area contributed by atoms with Gasteiger partial charge in [0.2, 0.25) is 0 Å². The number of allylic oxidation sites excluding steroid dienone is 1. The maximum atomic E-state index is 12.3. The summed E-state index contributed by atoms with van der Waals surface area (Å²) in [6, 6.07) is 5.65. The Hall–Kier alpha value is -2.96. The molecule has 2 aromatic rings. The van der Waals surface area contributed by atoms with Gasteiger partial charge < -0.3 is 5.32 Å². The van der Waals surface area contributed by atoms with Crippen LogP contribution in [0.3, 0.4) is 0 Å². The average molecular weight is 313 g/mol. The minimum atomic E-state index is -0.658. The number of ketones is 2. The lowest BCUT2D eigenvalue weighted by atomic mass is 9.87. The normalized spacial score (nSPS) is 13.4. The Morgan fingerprint density at radius 3 is 2.91 bits per heavy atom. The fourth-order valence-corrected chi connectivity index (χ4v) is 2.63. The molecule has 23 heavy (non-hydrogen) atoms. The number of H-pyrrole nitrogens is 1. The molecule has 7 nitrogen and oxygen atoms in total. The lowest BCUT2D eigenvalue weighted by molar-refractivity contribution is -0.121. The number of fused-ring (bicyclic) bond motifs is 1. The number of rotatable bonds is 5. The molecule has 3 rings (SSSR count). The number of anilines is 1. The van der Waals surface area contributed by atoms with E-state index in [1.807, 2.05) is 18.2 Å². The molecular weight excluding hydrogens is 298 g/mol. The molecule has 118 valence electrons. The van der Waals surface area contributed by atoms with E-state index in [4.69, 9.17) is 0 Å². The molecular formula is C16H15N3O4. The molecule has 0 amide bonds. The van der Waals surface area contributed by atoms with Gasteiger partial charge in [-0.2, -0.15) is 0 Å². The highest BCUT2D eigenvalue weighted by Crippen LogP contribution is 2.28. The van der Waals surface area contributed by atoms with Gasteiger partial charge in [0.25, 0.3) is 0 Å². The van der Waals surface area contributed by atoms with Gasteiger partial charge in [0, 0.05) is 32.0 Å². The van der Waals surface area contributed by atoms with Crippen molar-refractivity contribution in [2.45, 2.75) is 19.3 Å². The number of aromatic nitrogens is 2. The van der Waals surface area contributed by atoms with E-state index in [9.17, 15) is 14.4 Å². The number of hydrogen-bond donors (Lipinski definition) is 2. The first-order chi connectivity index (χ1) is 11.1. The second-order valence-electron chi connectivity index (χ2n) is 5.25. The van der Waals surface area contributed by atoms with Crippen LogP contribution in [0.1, 0.15) is 23.4 Å². The fourth-order valence-electron chi connectivity index (χ4n) is 2.63. The number of aromatic amines is 1. The van der Waals surface area contributed by atoms with E-state index in [1.54, 1.807) is 13.1 Å². The molecule has 1 aliphatic carbocycles. The van der Waals surface area contributed by atoms with E-state index < -0.39 is 5.76 Å². The minimum Gasteiger partial charge on any atom is -0.388 e. The Labute approximate surface area is 131 Å². The molecule has 1 heterocycles. The summed E-state index contributed by atoms with van der Waals surface area (Å²) in [4.78, 5) is 37.8. The zero-order valence-corrected chi connectivity index (χ0v) is 12.5. The maximum Gasteiger partial charge on any atom is 0.438 e. The standard InChI is InChI=1S/C16H15N3O4/c1-17-12-4-2-3-9-7-11(14(21)8-10(9)12)13(20)5-6-15-18-16(22)23-19-15/h2-4,7,17H,5-6,8H2,1H3,(H,18,19,22). The second-order valence-corrected chi connectivity index (χ2v) is 5.25. The first-order valence-corrected chi connectivity index (χ1v) is 7.21. The van der Waals surface area contributed by atoms with Crippen LogP contribution in [0.4, 0.5) is 5.69 Å². The van der Waals surface area contributed by atoms with Gasteiger partial charge in [-0.3, -0.25) is 19.1 Å². The van der Waals surface area contributed by atoms with Crippen LogP contribution in [0, 0.1) is 0 Å². The fraction of sp³-hybridized carbons (Fsp3) is 0.250. The Balaban J connectivity index is 1.81. The summed E-state index contributed by atoms with van der Waals surface area (Å²) < 4.78 is 4.37. The Bertz CT molecular complexity index is 860. The number of hydrogen-bond acceptors (Lipinski definition) is 6. The van der Waals surface area contributed by atoms with Crippen molar-refractivity contribution in [3.05, 3.63) is 51.3 Å². The van der Waals surface area contributed by atoms with Gasteiger partial charge in [-0.15, -0.1) is 0 Å². The Morgan fingerprint density at radius 1 is 1.39 bits per heavy atom. The SMILES string of the molecule is CNc1cccc2c1CC(=O)C(C(=O)CCc1noc(=O)[nH]1)=C2. The van der Waals surface area contributed by atoms with Crippen molar-refractivity contribution in [2.24, 2.45) is 0 Å². The van der Waals surface area contributed by atoms with Crippen LogP contribution in [0.15, 0.2) is 33.1 Å². The molecule has 7 heteroatoms. The quantitative estimate of drug-likeness (QED) is 0.801. The van der Waals surface area contributed by atoms with Crippen LogP contribution in [0.25, 0.3) is 6.08 Å². The topological polar surface area (TPSA) is 105 Å². The van der Waals surface area contributed by atoms with E-state index in [2.05, 4.69) is 20.0 Å². The number of aryl methyl sites for hydroxylation is 1. The molecule has 0 atom stereocenters. The van der Waals surface area contributed by atoms with Crippen molar-refractivity contribution in [2.75, 3.05) is 12.4 Å². The molecule has 1 aromatic heterocycles. The van der Waals surface area contributed by atoms with Gasteiger partial charge in [-0.1, -0.05) is 17.3 Å². The van der Waals surface area contributed by atoms with Crippen LogP contribution in [0.5, 0.6) is 0 Å². The third-order valence-electron chi connectivity index (χ3n) is 3.79. The van der Waals surface area contributed by atoms with Crippen molar-refractivity contribution < 1.29 is 14.1 Å². The van der Waals surface area contributed by atoms with Gasteiger partial charge in [0.05, 0.1) is 5.57 Å². The molecule has 0 radical (unpaired) electrons. The van der Waals surface area contributed by atoms with Gasteiger partial charge >= 0.3 is 5.76 Å². The number of carbonyl (C=O) groups is 2. The van der Waals surface area contributed by atoms with Crippen LogP contribution < -0.4 is 11.1 Å². The zero-order valence-electron chi connectivity index (χ0n) is 12.5. The summed E-state index contributed by atoms with van der Waals surface area (Å²) >= 11 is 0. The van der Waals surface area contributed by atoms with Crippen molar-refractivity contribution in [3.63, 3.8) is 0 Å². The van der Waals surface area contributed by atoms with Gasteiger partial charge in [-0.25, -0.2) is 4.79 Å². The van der Waals surface area contributed by atoms with Gasteiger partial charge in [0.15, 0.2) is 17.4 Å². The summed E-state index contributed by atoms with van der Waals surface area (Å²) in [5.41, 5.74) is 2.85. The number of carbonyl (C=O) groups excluding carboxylic acids is 2. The lowest BCUT2D eigenvalue weighted by Crippen LogP contribution is -2.20. The van der Waals surface area contributed by atoms with Crippen molar-refractivity contribution in [1.29, 1.82) is 0 Å². The van der Waals surface area contributed by atoms with E-state index >= 15 is 0 Å². The van der Waals surface area contributed by atoms with Gasteiger partial charge in [-0.05, 0) is 23.3 Å². The number of nitrogens with zero attached hydrogens (tertiary/aromatic N) is 1. The highest BCUT2D eigenvalue weighted by molar-refractivity contribution is 6.25. The molecule has 2 N–H and O–H groups in total. The zero-order chi connectivity index (χ0) is 16.4. The summed E-state index contributed by atoms with van der Waals surface area (Å²) in [6.45, 7) is 0. The smallest absolute Gasteiger partial charge is 0.388 e. The monoisotopic (exact) mass is 313 g/mol. The Kier molecular flexibility index (Phi) is 3.92. The average Bonchev–Trinajstić information content (AvgIpc) is 2.97. The maximum absolute atomic E-state index is 12.3. The van der Waals surface area contributed by atoms with E-state index in [0.29, 0.717) is 5.82 Å². The van der Waals surface area contributed by atoms with Crippen molar-refractivity contribution in [3.8, 4) is 0 Å². The first-order valence-electron chi connectivity index (χ1n) is 7.21. The van der Waals surface area contributed by atoms with Crippen LogP contribution in [0.2, 0.25) is 0 Å². The highest BCUT2D eigenvalue weighted by Gasteiger charge is 2.25. The van der Waals surface area contributed by atoms with Crippen LogP contribution in [-0.2, 0) is 22.4 Å². The Morgan fingerprint density at radius 2 is 2.22 bits per heavy atom. The number of nitrogens with one attached hydrogen (secondary N) is 2. The molecule has 0 spiro atoms. The highest BCUT2D eigenvalue weighted by atomic mass is 16.5. The third kappa shape index (κ3) is 2.98. The van der Waals surface area contributed by atoms with E-state index in [0.717, 1.165) is 16.8 Å². The molecule has 1 aliphatic rings. The van der Waals surface area contributed by atoms with Crippen molar-refractivity contribution in [1.82, 2.24) is 10.1 Å². The van der Waals surface area contributed by atoms with E-state index in [-0.39, 0.29) is 36.4 Å². The van der Waals surface area contributed by atoms with Gasteiger partial charge in [0.1, 0.15) is 0 Å². The molecule has 0 saturated heterocycles. The third-order valence-corrected chi connectivity index (χ3v) is 3.79. The largest absolute Gasteiger partial charge is 0.438 e. The predicted octanol–water partition coefficient (Wildman–Crippen LogP) is 1.12. The summed E-state index contributed by atoms with van der Waals surface area (Å²) in [5.74, 6) is -0.822. The summed E-state index contributed by atoms with van der Waals surface area (Å²) in [7, 11) is 1.79. The second kappa shape index (κ2) is 6.04. The first kappa shape index (κ1) is 15.0. The van der Waals surface area contributed by atoms with Crippen LogP contribution in [-0.4, -0.2) is 28.8 Å². The predicted molar refractivity (Wildman–Crippen MR) is 83.1 cm³/mol. The molecule has 0 aliphatic heterocycles. The lowest BCUT2D eigenvalue weighted by Gasteiger charge is -2.18. The van der Waals surface area contributed by atoms with E-state index in [1.165, 1.54) is 0 Å². The minimum absolute atomic E-state index is 0.0844. The molecule has 0 fully saturated rings. The molecule has 1 aromatic carbocycles.